The van der Waals surface area contributed by atoms with Crippen molar-refractivity contribution in [2.75, 3.05) is 32.1 Å². The Labute approximate surface area is 214 Å². The number of thiophene rings is 1. The lowest BCUT2D eigenvalue weighted by atomic mass is 9.87. The van der Waals surface area contributed by atoms with Gasteiger partial charge in [0.2, 0.25) is 5.91 Å². The van der Waals surface area contributed by atoms with Crippen molar-refractivity contribution in [2.45, 2.75) is 33.1 Å². The van der Waals surface area contributed by atoms with Gasteiger partial charge in [-0.15, -0.1) is 11.3 Å². The van der Waals surface area contributed by atoms with Crippen molar-refractivity contribution in [1.82, 2.24) is 30.4 Å². The summed E-state index contributed by atoms with van der Waals surface area (Å²) in [7, 11) is 1.88. The van der Waals surface area contributed by atoms with Crippen molar-refractivity contribution in [1.29, 1.82) is 0 Å². The van der Waals surface area contributed by atoms with Gasteiger partial charge in [-0.05, 0) is 44.7 Å². The van der Waals surface area contributed by atoms with E-state index in [1.54, 1.807) is 23.9 Å². The molecule has 1 aliphatic rings. The van der Waals surface area contributed by atoms with Gasteiger partial charge in [-0.3, -0.25) is 9.89 Å². The van der Waals surface area contributed by atoms with Crippen molar-refractivity contribution < 1.29 is 9.53 Å². The number of hydrogen-bond acceptors (Lipinski definition) is 8. The van der Waals surface area contributed by atoms with Gasteiger partial charge in [0.15, 0.2) is 0 Å². The Bertz CT molecular complexity index is 1430. The van der Waals surface area contributed by atoms with E-state index < -0.39 is 0 Å². The molecule has 10 heteroatoms. The number of aromatic amines is 1. The number of nitrogens with one attached hydrogen (secondary N) is 3. The molecule has 0 fully saturated rings. The summed E-state index contributed by atoms with van der Waals surface area (Å²) in [5.74, 6) is 1.67. The van der Waals surface area contributed by atoms with Crippen molar-refractivity contribution in [2.24, 2.45) is 5.92 Å². The normalized spacial score (nSPS) is 15.0. The summed E-state index contributed by atoms with van der Waals surface area (Å²) >= 11 is 1.67. The van der Waals surface area contributed by atoms with Gasteiger partial charge in [0.05, 0.1) is 29.4 Å². The van der Waals surface area contributed by atoms with Gasteiger partial charge in [-0.2, -0.15) is 5.10 Å². The monoisotopic (exact) mass is 505 g/mol. The van der Waals surface area contributed by atoms with E-state index in [4.69, 9.17) is 4.74 Å². The largest absolute Gasteiger partial charge is 0.492 e. The zero-order chi connectivity index (χ0) is 25.2. The number of aryl methyl sites for hydroxylation is 1. The molecule has 1 atom stereocenters. The van der Waals surface area contributed by atoms with Crippen LogP contribution in [-0.4, -0.2) is 57.7 Å². The molecule has 3 N–H and O–H groups in total. The summed E-state index contributed by atoms with van der Waals surface area (Å²) in [6, 6.07) is 3.97. The molecule has 3 aromatic heterocycles. The van der Waals surface area contributed by atoms with E-state index in [1.165, 1.54) is 10.4 Å². The number of benzene rings is 1. The summed E-state index contributed by atoms with van der Waals surface area (Å²) < 4.78 is 5.89. The van der Waals surface area contributed by atoms with Crippen molar-refractivity contribution in [3.63, 3.8) is 0 Å². The Morgan fingerprint density at radius 2 is 2.22 bits per heavy atom. The zero-order valence-electron chi connectivity index (χ0n) is 20.9. The van der Waals surface area contributed by atoms with Crippen LogP contribution in [0.1, 0.15) is 30.7 Å². The molecule has 1 unspecified atom stereocenters. The standard InChI is InChI=1S/C26H31N7O2S/c1-5-35-21-12-19-17(13-30-32-19)10-20(21)31-24-23-18-7-6-16(11-22(18)36-25(23)29-14-28-24)26(34)33(4)9-8-27-15(2)3/h10,12-14,16,27H,2,5-9,11H2,1,3-4H3,(H,30,32)(H,28,29,31). The number of rotatable bonds is 9. The van der Waals surface area contributed by atoms with Crippen LogP contribution in [0.4, 0.5) is 11.5 Å². The van der Waals surface area contributed by atoms with Crippen LogP contribution >= 0.6 is 11.3 Å². The second kappa shape index (κ2) is 10.1. The quantitative estimate of drug-likeness (QED) is 0.309. The molecule has 0 saturated carbocycles. The molecular weight excluding hydrogens is 474 g/mol. The Balaban J connectivity index is 1.40. The highest BCUT2D eigenvalue weighted by atomic mass is 32.1. The highest BCUT2D eigenvalue weighted by Gasteiger charge is 2.30. The minimum absolute atomic E-state index is 0.0159. The number of carbonyl (C=O) groups is 1. The fourth-order valence-electron chi connectivity index (χ4n) is 4.75. The fraction of sp³-hybridized carbons (Fsp3) is 0.385. The van der Waals surface area contributed by atoms with Crippen molar-refractivity contribution >= 4 is 49.9 Å². The van der Waals surface area contributed by atoms with E-state index in [0.717, 1.165) is 63.3 Å². The number of likely N-dealkylation sites (N-methyl/N-ethyl adjacent to an activating group) is 1. The summed E-state index contributed by atoms with van der Waals surface area (Å²) in [5.41, 5.74) is 3.91. The number of fused-ring (bicyclic) bond motifs is 4. The van der Waals surface area contributed by atoms with Crippen LogP contribution < -0.4 is 15.4 Å². The minimum atomic E-state index is -0.0159. The number of hydrogen-bond donors (Lipinski definition) is 3. The third-order valence-electron chi connectivity index (χ3n) is 6.54. The lowest BCUT2D eigenvalue weighted by Crippen LogP contribution is -2.39. The molecule has 36 heavy (non-hydrogen) atoms. The molecule has 0 radical (unpaired) electrons. The zero-order valence-corrected chi connectivity index (χ0v) is 21.7. The first-order chi connectivity index (χ1) is 17.4. The first kappa shape index (κ1) is 24.1. The highest BCUT2D eigenvalue weighted by molar-refractivity contribution is 7.19. The summed E-state index contributed by atoms with van der Waals surface area (Å²) in [6.07, 6.45) is 5.76. The molecule has 9 nitrogen and oxygen atoms in total. The lowest BCUT2D eigenvalue weighted by molar-refractivity contribution is -0.134. The topological polar surface area (TPSA) is 108 Å². The van der Waals surface area contributed by atoms with Gasteiger partial charge in [-0.1, -0.05) is 6.58 Å². The highest BCUT2D eigenvalue weighted by Crippen LogP contribution is 2.42. The molecule has 0 saturated heterocycles. The molecule has 0 aliphatic heterocycles. The van der Waals surface area contributed by atoms with Crippen LogP contribution in [0.5, 0.6) is 5.75 Å². The Kier molecular flexibility index (Phi) is 6.77. The Morgan fingerprint density at radius 3 is 3.03 bits per heavy atom. The second-order valence-corrected chi connectivity index (χ2v) is 10.3. The van der Waals surface area contributed by atoms with E-state index in [1.807, 2.05) is 37.9 Å². The van der Waals surface area contributed by atoms with E-state index in [0.29, 0.717) is 19.7 Å². The van der Waals surface area contributed by atoms with Gasteiger partial charge in [0.25, 0.3) is 0 Å². The maximum atomic E-state index is 13.1. The van der Waals surface area contributed by atoms with E-state index in [9.17, 15) is 4.79 Å². The number of ether oxygens (including phenoxy) is 1. The van der Waals surface area contributed by atoms with Crippen molar-refractivity contribution in [3.8, 4) is 5.75 Å². The van der Waals surface area contributed by atoms with Crippen LogP contribution in [0.3, 0.4) is 0 Å². The summed E-state index contributed by atoms with van der Waals surface area (Å²) in [4.78, 5) is 26.3. The number of anilines is 2. The average Bonchev–Trinajstić information content (AvgIpc) is 3.47. The van der Waals surface area contributed by atoms with Crippen LogP contribution in [0, 0.1) is 5.92 Å². The first-order valence-corrected chi connectivity index (χ1v) is 13.0. The number of H-pyrrole nitrogens is 1. The van der Waals surface area contributed by atoms with E-state index in [2.05, 4.69) is 37.4 Å². The maximum Gasteiger partial charge on any atom is 0.225 e. The Morgan fingerprint density at radius 1 is 1.36 bits per heavy atom. The molecule has 1 aliphatic carbocycles. The number of nitrogens with zero attached hydrogens (tertiary/aromatic N) is 4. The molecule has 0 bridgehead atoms. The van der Waals surface area contributed by atoms with Gasteiger partial charge >= 0.3 is 0 Å². The summed E-state index contributed by atoms with van der Waals surface area (Å²) in [5, 5.41) is 15.9. The maximum absolute atomic E-state index is 13.1. The van der Waals surface area contributed by atoms with Gasteiger partial charge in [0, 0.05) is 48.1 Å². The molecule has 5 rings (SSSR count). The fourth-order valence-corrected chi connectivity index (χ4v) is 6.01. The molecule has 0 spiro atoms. The van der Waals surface area contributed by atoms with Gasteiger partial charge in [0.1, 0.15) is 22.7 Å². The minimum Gasteiger partial charge on any atom is -0.492 e. The predicted octanol–water partition coefficient (Wildman–Crippen LogP) is 4.40. The van der Waals surface area contributed by atoms with E-state index >= 15 is 0 Å². The van der Waals surface area contributed by atoms with Crippen molar-refractivity contribution in [3.05, 3.63) is 47.4 Å². The number of carbonyl (C=O) groups excluding carboxylic acids is 1. The molecule has 1 aromatic carbocycles. The lowest BCUT2D eigenvalue weighted by Gasteiger charge is -2.27. The van der Waals surface area contributed by atoms with Crippen LogP contribution in [0.2, 0.25) is 0 Å². The third kappa shape index (κ3) is 4.73. The van der Waals surface area contributed by atoms with Gasteiger partial charge < -0.3 is 20.3 Å². The molecule has 3 heterocycles. The molecule has 4 aromatic rings. The van der Waals surface area contributed by atoms with Crippen LogP contribution in [0.15, 0.2) is 36.9 Å². The SMILES string of the molecule is C=C(C)NCCN(C)C(=O)C1CCc2c(sc3ncnc(Nc4cc5cn[nH]c5cc4OCC)c23)C1. The predicted molar refractivity (Wildman–Crippen MR) is 144 cm³/mol. The smallest absolute Gasteiger partial charge is 0.225 e. The third-order valence-corrected chi connectivity index (χ3v) is 7.70. The van der Waals surface area contributed by atoms with Crippen LogP contribution in [0.25, 0.3) is 21.1 Å². The first-order valence-electron chi connectivity index (χ1n) is 12.2. The number of aromatic nitrogens is 4. The number of allylic oxidation sites excluding steroid dienone is 1. The van der Waals surface area contributed by atoms with Crippen LogP contribution in [-0.2, 0) is 17.6 Å². The second-order valence-electron chi connectivity index (χ2n) is 9.18. The number of amides is 1. The van der Waals surface area contributed by atoms with Gasteiger partial charge in [-0.25, -0.2) is 9.97 Å². The average molecular weight is 506 g/mol. The van der Waals surface area contributed by atoms with E-state index in [-0.39, 0.29) is 11.8 Å². The molecular formula is C26H31N7O2S. The molecule has 1 amide bonds. The molecule has 188 valence electrons. The Hall–Kier alpha value is -3.66. The summed E-state index contributed by atoms with van der Waals surface area (Å²) in [6.45, 7) is 9.65.